The van der Waals surface area contributed by atoms with Crippen molar-refractivity contribution in [2.24, 2.45) is 0 Å². The molecule has 2 N–H and O–H groups in total. The van der Waals surface area contributed by atoms with Gasteiger partial charge in [-0.1, -0.05) is 0 Å². The van der Waals surface area contributed by atoms with E-state index in [9.17, 15) is 4.79 Å². The van der Waals surface area contributed by atoms with Crippen molar-refractivity contribution in [3.05, 3.63) is 22.7 Å². The van der Waals surface area contributed by atoms with Crippen molar-refractivity contribution < 1.29 is 9.90 Å². The number of fused-ring (bicyclic) bond motifs is 1. The van der Waals surface area contributed by atoms with Crippen LogP contribution in [0.2, 0.25) is 0 Å². The van der Waals surface area contributed by atoms with Gasteiger partial charge >= 0.3 is 5.97 Å². The van der Waals surface area contributed by atoms with Crippen LogP contribution in [0.1, 0.15) is 16.1 Å². The first kappa shape index (κ1) is 7.36. The Morgan fingerprint density at radius 2 is 2.42 bits per heavy atom. The number of aromatic amines is 1. The van der Waals surface area contributed by atoms with Crippen LogP contribution < -0.4 is 0 Å². The zero-order valence-electron chi connectivity index (χ0n) is 6.42. The molecule has 12 heavy (non-hydrogen) atoms. The lowest BCUT2D eigenvalue weighted by atomic mass is 10.2. The lowest BCUT2D eigenvalue weighted by Crippen LogP contribution is -1.96. The minimum Gasteiger partial charge on any atom is -0.478 e. The lowest BCUT2D eigenvalue weighted by Gasteiger charge is -1.89. The van der Waals surface area contributed by atoms with Crippen LogP contribution in [-0.4, -0.2) is 16.1 Å². The highest BCUT2D eigenvalue weighted by Gasteiger charge is 2.14. The highest BCUT2D eigenvalue weighted by Crippen LogP contribution is 2.26. The number of aryl methyl sites for hydroxylation is 1. The van der Waals surface area contributed by atoms with E-state index in [1.807, 2.05) is 11.4 Å². The van der Waals surface area contributed by atoms with E-state index in [2.05, 4.69) is 4.98 Å². The van der Waals surface area contributed by atoms with Crippen molar-refractivity contribution in [3.63, 3.8) is 0 Å². The molecular weight excluding hydrogens is 174 g/mol. The van der Waals surface area contributed by atoms with Gasteiger partial charge in [-0.3, -0.25) is 0 Å². The van der Waals surface area contributed by atoms with Gasteiger partial charge in [0.2, 0.25) is 0 Å². The number of thiophene rings is 1. The van der Waals surface area contributed by atoms with E-state index in [4.69, 9.17) is 5.11 Å². The Balaban J connectivity index is 2.84. The van der Waals surface area contributed by atoms with Crippen molar-refractivity contribution >= 4 is 27.5 Å². The lowest BCUT2D eigenvalue weighted by molar-refractivity contribution is 0.0698. The molecule has 2 aromatic rings. The largest absolute Gasteiger partial charge is 0.478 e. The predicted octanol–water partition coefficient (Wildman–Crippen LogP) is 2.24. The summed E-state index contributed by atoms with van der Waals surface area (Å²) >= 11 is 1.52. The van der Waals surface area contributed by atoms with Gasteiger partial charge in [0.1, 0.15) is 4.83 Å². The van der Waals surface area contributed by atoms with Gasteiger partial charge in [0, 0.05) is 11.1 Å². The second-order valence-electron chi connectivity index (χ2n) is 2.59. The number of aromatic carboxylic acids is 1. The van der Waals surface area contributed by atoms with Gasteiger partial charge in [0.05, 0.1) is 5.56 Å². The van der Waals surface area contributed by atoms with Gasteiger partial charge in [-0.05, 0) is 18.4 Å². The molecule has 0 amide bonds. The number of carboxylic acid groups (broad SMARTS) is 1. The molecule has 0 bridgehead atoms. The summed E-state index contributed by atoms with van der Waals surface area (Å²) < 4.78 is 0. The summed E-state index contributed by atoms with van der Waals surface area (Å²) in [5.41, 5.74) is 1.12. The van der Waals surface area contributed by atoms with Crippen LogP contribution in [0, 0.1) is 6.92 Å². The van der Waals surface area contributed by atoms with Crippen LogP contribution >= 0.6 is 11.3 Å². The summed E-state index contributed by atoms with van der Waals surface area (Å²) in [6.45, 7) is 1.77. The van der Waals surface area contributed by atoms with Crippen LogP contribution in [0.25, 0.3) is 10.2 Å². The van der Waals surface area contributed by atoms with E-state index in [1.165, 1.54) is 11.3 Å². The van der Waals surface area contributed by atoms with Gasteiger partial charge in [0.25, 0.3) is 0 Å². The maximum absolute atomic E-state index is 10.8. The molecule has 0 radical (unpaired) electrons. The van der Waals surface area contributed by atoms with E-state index in [-0.39, 0.29) is 0 Å². The van der Waals surface area contributed by atoms with Crippen molar-refractivity contribution in [2.75, 3.05) is 0 Å². The van der Waals surface area contributed by atoms with E-state index >= 15 is 0 Å². The van der Waals surface area contributed by atoms with Crippen LogP contribution in [0.4, 0.5) is 0 Å². The van der Waals surface area contributed by atoms with Crippen molar-refractivity contribution in [2.45, 2.75) is 6.92 Å². The third kappa shape index (κ3) is 0.848. The van der Waals surface area contributed by atoms with Gasteiger partial charge in [-0.15, -0.1) is 11.3 Å². The van der Waals surface area contributed by atoms with Gasteiger partial charge in [0.15, 0.2) is 0 Å². The summed E-state index contributed by atoms with van der Waals surface area (Å²) in [6, 6.07) is 1.83. The normalized spacial score (nSPS) is 10.8. The molecule has 0 saturated heterocycles. The first-order chi connectivity index (χ1) is 5.70. The van der Waals surface area contributed by atoms with Crippen LogP contribution in [0.5, 0.6) is 0 Å². The van der Waals surface area contributed by atoms with Crippen LogP contribution in [-0.2, 0) is 0 Å². The average Bonchev–Trinajstić information content (AvgIpc) is 2.44. The Labute approximate surface area is 72.6 Å². The molecule has 2 aromatic heterocycles. The number of nitrogens with one attached hydrogen (secondary N) is 1. The Morgan fingerprint density at radius 1 is 1.67 bits per heavy atom. The molecule has 0 aliphatic carbocycles. The van der Waals surface area contributed by atoms with Crippen LogP contribution in [0.15, 0.2) is 11.4 Å². The molecule has 62 valence electrons. The van der Waals surface area contributed by atoms with Crippen molar-refractivity contribution in [1.82, 2.24) is 4.98 Å². The summed E-state index contributed by atoms with van der Waals surface area (Å²) in [5, 5.41) is 11.5. The Kier molecular flexibility index (Phi) is 1.44. The molecule has 2 heterocycles. The summed E-state index contributed by atoms with van der Waals surface area (Å²) in [4.78, 5) is 14.7. The molecule has 2 rings (SSSR count). The fourth-order valence-electron chi connectivity index (χ4n) is 1.31. The highest BCUT2D eigenvalue weighted by atomic mass is 32.1. The fraction of sp³-hybridized carbons (Fsp3) is 0.125. The number of rotatable bonds is 1. The first-order valence-corrected chi connectivity index (χ1v) is 4.37. The van der Waals surface area contributed by atoms with E-state index in [0.717, 1.165) is 15.9 Å². The standard InChI is InChI=1S/C8H7NO2S/c1-4-6(8(10)11)5-2-3-12-7(5)9-4/h2-3,9H,1H3,(H,10,11). The van der Waals surface area contributed by atoms with Crippen LogP contribution in [0.3, 0.4) is 0 Å². The molecule has 0 fully saturated rings. The smallest absolute Gasteiger partial charge is 0.338 e. The quantitative estimate of drug-likeness (QED) is 0.708. The zero-order valence-corrected chi connectivity index (χ0v) is 7.23. The third-order valence-electron chi connectivity index (χ3n) is 1.82. The first-order valence-electron chi connectivity index (χ1n) is 3.49. The number of carboxylic acids is 1. The van der Waals surface area contributed by atoms with E-state index in [0.29, 0.717) is 5.56 Å². The highest BCUT2D eigenvalue weighted by molar-refractivity contribution is 7.16. The topological polar surface area (TPSA) is 53.1 Å². The zero-order chi connectivity index (χ0) is 8.72. The molecule has 0 aromatic carbocycles. The monoisotopic (exact) mass is 181 g/mol. The van der Waals surface area contributed by atoms with Gasteiger partial charge < -0.3 is 10.1 Å². The third-order valence-corrected chi connectivity index (χ3v) is 2.65. The molecule has 0 aliphatic rings. The molecule has 3 nitrogen and oxygen atoms in total. The Hall–Kier alpha value is -1.29. The number of aromatic nitrogens is 1. The maximum Gasteiger partial charge on any atom is 0.338 e. The van der Waals surface area contributed by atoms with Gasteiger partial charge in [-0.2, -0.15) is 0 Å². The maximum atomic E-state index is 10.8. The number of hydrogen-bond donors (Lipinski definition) is 2. The SMILES string of the molecule is Cc1[nH]c2sccc2c1C(=O)O. The molecule has 0 unspecified atom stereocenters. The molecule has 4 heteroatoms. The predicted molar refractivity (Wildman–Crippen MR) is 47.9 cm³/mol. The fourth-order valence-corrected chi connectivity index (χ4v) is 2.16. The summed E-state index contributed by atoms with van der Waals surface area (Å²) in [7, 11) is 0. The minimum absolute atomic E-state index is 0.395. The van der Waals surface area contributed by atoms with E-state index < -0.39 is 5.97 Å². The molecule has 0 aliphatic heterocycles. The van der Waals surface area contributed by atoms with Gasteiger partial charge in [-0.25, -0.2) is 4.79 Å². The summed E-state index contributed by atoms with van der Waals surface area (Å²) in [6.07, 6.45) is 0. The van der Waals surface area contributed by atoms with Crippen molar-refractivity contribution in [1.29, 1.82) is 0 Å². The second kappa shape index (κ2) is 2.35. The minimum atomic E-state index is -0.864. The Bertz CT molecular complexity index is 441. The number of H-pyrrole nitrogens is 1. The average molecular weight is 181 g/mol. The van der Waals surface area contributed by atoms with E-state index in [1.54, 1.807) is 6.92 Å². The molecule has 0 atom stereocenters. The number of carbonyl (C=O) groups is 1. The summed E-state index contributed by atoms with van der Waals surface area (Å²) in [5.74, 6) is -0.864. The molecule has 0 spiro atoms. The molecular formula is C8H7NO2S. The number of hydrogen-bond acceptors (Lipinski definition) is 2. The Morgan fingerprint density at radius 3 is 3.08 bits per heavy atom. The molecule has 0 saturated carbocycles. The van der Waals surface area contributed by atoms with Crippen molar-refractivity contribution in [3.8, 4) is 0 Å². The second-order valence-corrected chi connectivity index (χ2v) is 3.51.